The molecule has 104 valence electrons. The van der Waals surface area contributed by atoms with Crippen molar-refractivity contribution in [1.29, 1.82) is 0 Å². The molecular formula is C14H19NO4. The Balaban J connectivity index is 2.26. The average molecular weight is 265 g/mol. The van der Waals surface area contributed by atoms with Gasteiger partial charge in [0.25, 0.3) is 5.69 Å². The van der Waals surface area contributed by atoms with Crippen LogP contribution in [0.1, 0.15) is 37.7 Å². The molecule has 0 radical (unpaired) electrons. The number of hydrogen-bond acceptors (Lipinski definition) is 4. The number of carbonyl (C=O) groups is 1. The summed E-state index contributed by atoms with van der Waals surface area (Å²) in [7, 11) is 1.39. The molecule has 0 bridgehead atoms. The third-order valence-corrected chi connectivity index (χ3v) is 2.99. The minimum atomic E-state index is -0.341. The second-order valence-electron chi connectivity index (χ2n) is 4.38. The number of methoxy groups -OCH3 is 1. The highest BCUT2D eigenvalue weighted by molar-refractivity contribution is 5.68. The molecule has 5 heteroatoms. The monoisotopic (exact) mass is 265 g/mol. The molecule has 1 aromatic carbocycles. The highest BCUT2D eigenvalue weighted by atomic mass is 16.6. The number of benzene rings is 1. The molecular weight excluding hydrogens is 246 g/mol. The zero-order chi connectivity index (χ0) is 14.1. The predicted octanol–water partition coefficient (Wildman–Crippen LogP) is 3.26. The summed E-state index contributed by atoms with van der Waals surface area (Å²) in [4.78, 5) is 21.4. The summed E-state index contributed by atoms with van der Waals surface area (Å²) in [5.41, 5.74) is 0.970. The van der Waals surface area contributed by atoms with Gasteiger partial charge < -0.3 is 4.74 Å². The number of esters is 1. The van der Waals surface area contributed by atoms with Crippen LogP contribution in [0.5, 0.6) is 0 Å². The van der Waals surface area contributed by atoms with E-state index < -0.39 is 0 Å². The topological polar surface area (TPSA) is 69.4 Å². The van der Waals surface area contributed by atoms with E-state index in [0.29, 0.717) is 12.8 Å². The van der Waals surface area contributed by atoms with Crippen molar-refractivity contribution in [2.75, 3.05) is 7.11 Å². The van der Waals surface area contributed by atoms with Crippen molar-refractivity contribution in [3.63, 3.8) is 0 Å². The van der Waals surface area contributed by atoms with E-state index in [1.54, 1.807) is 12.1 Å². The molecule has 1 aromatic rings. The van der Waals surface area contributed by atoms with Gasteiger partial charge in [-0.25, -0.2) is 0 Å². The molecule has 0 N–H and O–H groups in total. The van der Waals surface area contributed by atoms with Gasteiger partial charge in [-0.3, -0.25) is 14.9 Å². The Hall–Kier alpha value is -1.91. The molecule has 0 amide bonds. The van der Waals surface area contributed by atoms with E-state index >= 15 is 0 Å². The van der Waals surface area contributed by atoms with Crippen LogP contribution >= 0.6 is 0 Å². The van der Waals surface area contributed by atoms with Gasteiger partial charge in [0.15, 0.2) is 0 Å². The maximum atomic E-state index is 10.9. The number of aryl methyl sites for hydroxylation is 1. The second kappa shape index (κ2) is 8.24. The Morgan fingerprint density at radius 1 is 1.21 bits per heavy atom. The van der Waals surface area contributed by atoms with Crippen molar-refractivity contribution < 1.29 is 14.5 Å². The van der Waals surface area contributed by atoms with Crippen LogP contribution in [0.2, 0.25) is 0 Å². The third kappa shape index (κ3) is 5.50. The van der Waals surface area contributed by atoms with Gasteiger partial charge in [-0.1, -0.05) is 31.0 Å². The van der Waals surface area contributed by atoms with E-state index in [-0.39, 0.29) is 16.6 Å². The molecule has 1 rings (SSSR count). The van der Waals surface area contributed by atoms with Crippen molar-refractivity contribution in [1.82, 2.24) is 0 Å². The zero-order valence-corrected chi connectivity index (χ0v) is 11.1. The van der Waals surface area contributed by atoms with Crippen LogP contribution in [0.4, 0.5) is 5.69 Å². The lowest BCUT2D eigenvalue weighted by molar-refractivity contribution is -0.385. The van der Waals surface area contributed by atoms with E-state index in [1.165, 1.54) is 13.2 Å². The van der Waals surface area contributed by atoms with Crippen LogP contribution in [0.15, 0.2) is 24.3 Å². The van der Waals surface area contributed by atoms with Crippen LogP contribution in [0.3, 0.4) is 0 Å². The summed E-state index contributed by atoms with van der Waals surface area (Å²) in [6.07, 6.45) is 4.76. The number of carbonyl (C=O) groups excluding carboxylic acids is 1. The number of para-hydroxylation sites is 1. The van der Waals surface area contributed by atoms with Crippen LogP contribution in [0, 0.1) is 10.1 Å². The number of nitro groups is 1. The first-order chi connectivity index (χ1) is 9.15. The first kappa shape index (κ1) is 15.1. The van der Waals surface area contributed by atoms with Crippen molar-refractivity contribution in [3.05, 3.63) is 39.9 Å². The lowest BCUT2D eigenvalue weighted by Crippen LogP contribution is -1.99. The normalized spacial score (nSPS) is 10.2. The molecule has 19 heavy (non-hydrogen) atoms. The molecule has 0 saturated carbocycles. The summed E-state index contributed by atoms with van der Waals surface area (Å²) in [6, 6.07) is 6.83. The molecule has 0 aliphatic heterocycles. The van der Waals surface area contributed by atoms with Crippen LogP contribution in [-0.4, -0.2) is 18.0 Å². The molecule has 0 aliphatic rings. The number of nitro benzene ring substituents is 1. The highest BCUT2D eigenvalue weighted by Gasteiger charge is 2.11. The smallest absolute Gasteiger partial charge is 0.305 e. The van der Waals surface area contributed by atoms with E-state index in [1.807, 2.05) is 6.07 Å². The van der Waals surface area contributed by atoms with Gasteiger partial charge in [-0.2, -0.15) is 0 Å². The number of nitrogens with zero attached hydrogens (tertiary/aromatic N) is 1. The quantitative estimate of drug-likeness (QED) is 0.313. The molecule has 0 heterocycles. The number of rotatable bonds is 8. The molecule has 0 atom stereocenters. The Labute approximate surface area is 112 Å². The molecule has 0 fully saturated rings. The number of hydrogen-bond donors (Lipinski definition) is 0. The fourth-order valence-corrected chi connectivity index (χ4v) is 1.94. The number of unbranched alkanes of at least 4 members (excludes halogenated alkanes) is 3. The highest BCUT2D eigenvalue weighted by Crippen LogP contribution is 2.20. The first-order valence-electron chi connectivity index (χ1n) is 6.44. The summed E-state index contributed by atoms with van der Waals surface area (Å²) in [5.74, 6) is -0.182. The second-order valence-corrected chi connectivity index (χ2v) is 4.38. The van der Waals surface area contributed by atoms with E-state index in [4.69, 9.17) is 0 Å². The van der Waals surface area contributed by atoms with Crippen LogP contribution < -0.4 is 0 Å². The van der Waals surface area contributed by atoms with E-state index in [0.717, 1.165) is 31.2 Å². The van der Waals surface area contributed by atoms with Crippen molar-refractivity contribution in [3.8, 4) is 0 Å². The van der Waals surface area contributed by atoms with E-state index in [2.05, 4.69) is 4.74 Å². The maximum Gasteiger partial charge on any atom is 0.305 e. The lowest BCUT2D eigenvalue weighted by atomic mass is 10.0. The average Bonchev–Trinajstić information content (AvgIpc) is 2.42. The van der Waals surface area contributed by atoms with Gasteiger partial charge in [0.1, 0.15) is 0 Å². The van der Waals surface area contributed by atoms with Gasteiger partial charge in [-0.15, -0.1) is 0 Å². The maximum absolute atomic E-state index is 10.9. The fraction of sp³-hybridized carbons (Fsp3) is 0.500. The van der Waals surface area contributed by atoms with E-state index in [9.17, 15) is 14.9 Å². The van der Waals surface area contributed by atoms with Gasteiger partial charge >= 0.3 is 5.97 Å². The zero-order valence-electron chi connectivity index (χ0n) is 11.1. The summed E-state index contributed by atoms with van der Waals surface area (Å²) >= 11 is 0. The van der Waals surface area contributed by atoms with Gasteiger partial charge in [-0.05, 0) is 19.3 Å². The first-order valence-corrected chi connectivity index (χ1v) is 6.44. The Morgan fingerprint density at radius 3 is 2.58 bits per heavy atom. The fourth-order valence-electron chi connectivity index (χ4n) is 1.94. The minimum Gasteiger partial charge on any atom is -0.469 e. The third-order valence-electron chi connectivity index (χ3n) is 2.99. The standard InChI is InChI=1S/C14H19NO4/c1-19-14(16)11-5-3-2-4-8-12-9-6-7-10-13(12)15(17)18/h6-7,9-10H,2-5,8,11H2,1H3. The number of ether oxygens (including phenoxy) is 1. The van der Waals surface area contributed by atoms with Crippen LogP contribution in [-0.2, 0) is 16.0 Å². The van der Waals surface area contributed by atoms with Gasteiger partial charge in [0.2, 0.25) is 0 Å². The Kier molecular flexibility index (Phi) is 6.57. The van der Waals surface area contributed by atoms with Crippen molar-refractivity contribution >= 4 is 11.7 Å². The lowest BCUT2D eigenvalue weighted by Gasteiger charge is -2.03. The Morgan fingerprint density at radius 2 is 1.89 bits per heavy atom. The summed E-state index contributed by atoms with van der Waals surface area (Å²) in [5, 5.41) is 10.8. The van der Waals surface area contributed by atoms with Crippen molar-refractivity contribution in [2.24, 2.45) is 0 Å². The SMILES string of the molecule is COC(=O)CCCCCCc1ccccc1[N+](=O)[O-]. The van der Waals surface area contributed by atoms with Crippen molar-refractivity contribution in [2.45, 2.75) is 38.5 Å². The van der Waals surface area contributed by atoms with Crippen LogP contribution in [0.25, 0.3) is 0 Å². The van der Waals surface area contributed by atoms with Gasteiger partial charge in [0.05, 0.1) is 12.0 Å². The van der Waals surface area contributed by atoms with Gasteiger partial charge in [0, 0.05) is 18.1 Å². The summed E-state index contributed by atoms with van der Waals surface area (Å²) < 4.78 is 4.55. The molecule has 0 aromatic heterocycles. The minimum absolute atomic E-state index is 0.182. The molecule has 0 aliphatic carbocycles. The Bertz CT molecular complexity index is 431. The molecule has 0 unspecified atom stereocenters. The summed E-state index contributed by atoms with van der Waals surface area (Å²) in [6.45, 7) is 0. The predicted molar refractivity (Wildman–Crippen MR) is 71.9 cm³/mol. The molecule has 0 spiro atoms. The molecule has 0 saturated heterocycles. The molecule has 5 nitrogen and oxygen atoms in total. The largest absolute Gasteiger partial charge is 0.469 e.